The minimum atomic E-state index is 0.208. The number of rotatable bonds is 7. The lowest BCUT2D eigenvalue weighted by Gasteiger charge is -2.30. The van der Waals surface area contributed by atoms with E-state index >= 15 is 0 Å². The highest BCUT2D eigenvalue weighted by Gasteiger charge is 2.24. The number of unbranched alkanes of at least 4 members (excludes halogenated alkanes) is 1. The number of nitrogens with two attached hydrogens (primary N) is 1. The Kier molecular flexibility index (Phi) is 5.67. The molecule has 2 N–H and O–H groups in total. The molecule has 0 aromatic heterocycles. The standard InChI is InChI=1S/C16H26N2O/c1-2-3-10-18(15-7-5-4-6-8-15)12-16(17)14-9-11-19-13-14/h4-8,14,16H,2-3,9-13,17H2,1H3. The topological polar surface area (TPSA) is 38.5 Å². The molecule has 3 nitrogen and oxygen atoms in total. The Morgan fingerprint density at radius 2 is 2.16 bits per heavy atom. The van der Waals surface area contributed by atoms with Gasteiger partial charge in [-0.2, -0.15) is 0 Å². The number of para-hydroxylation sites is 1. The van der Waals surface area contributed by atoms with Crippen molar-refractivity contribution in [3.05, 3.63) is 30.3 Å². The molecule has 2 atom stereocenters. The van der Waals surface area contributed by atoms with E-state index in [4.69, 9.17) is 10.5 Å². The van der Waals surface area contributed by atoms with Gasteiger partial charge in [-0.3, -0.25) is 0 Å². The summed E-state index contributed by atoms with van der Waals surface area (Å²) in [6.45, 7) is 5.95. The Labute approximate surface area is 116 Å². The first kappa shape index (κ1) is 14.4. The predicted molar refractivity (Wildman–Crippen MR) is 80.5 cm³/mol. The predicted octanol–water partition coefficient (Wildman–Crippen LogP) is 2.66. The Morgan fingerprint density at radius 3 is 2.79 bits per heavy atom. The van der Waals surface area contributed by atoms with E-state index in [2.05, 4.69) is 42.2 Å². The zero-order valence-corrected chi connectivity index (χ0v) is 11.9. The Balaban J connectivity index is 1.96. The highest BCUT2D eigenvalue weighted by Crippen LogP contribution is 2.20. The molecule has 1 aliphatic heterocycles. The number of hydrogen-bond donors (Lipinski definition) is 1. The van der Waals surface area contributed by atoms with E-state index in [9.17, 15) is 0 Å². The van der Waals surface area contributed by atoms with Gasteiger partial charge in [-0.15, -0.1) is 0 Å². The van der Waals surface area contributed by atoms with Crippen molar-refractivity contribution in [3.63, 3.8) is 0 Å². The number of ether oxygens (including phenoxy) is 1. The molecule has 1 aromatic carbocycles. The minimum Gasteiger partial charge on any atom is -0.381 e. The van der Waals surface area contributed by atoms with Crippen molar-refractivity contribution in [2.75, 3.05) is 31.2 Å². The molecule has 1 aromatic rings. The highest BCUT2D eigenvalue weighted by molar-refractivity contribution is 5.46. The molecule has 1 fully saturated rings. The molecule has 2 rings (SSSR count). The minimum absolute atomic E-state index is 0.208. The lowest BCUT2D eigenvalue weighted by Crippen LogP contribution is -2.43. The van der Waals surface area contributed by atoms with Crippen molar-refractivity contribution >= 4 is 5.69 Å². The quantitative estimate of drug-likeness (QED) is 0.821. The maximum Gasteiger partial charge on any atom is 0.0510 e. The van der Waals surface area contributed by atoms with Gasteiger partial charge in [-0.1, -0.05) is 31.5 Å². The van der Waals surface area contributed by atoms with Crippen molar-refractivity contribution in [1.82, 2.24) is 0 Å². The molecule has 0 amide bonds. The fourth-order valence-corrected chi connectivity index (χ4v) is 2.61. The van der Waals surface area contributed by atoms with Gasteiger partial charge >= 0.3 is 0 Å². The van der Waals surface area contributed by atoms with Gasteiger partial charge in [0.25, 0.3) is 0 Å². The van der Waals surface area contributed by atoms with Gasteiger partial charge in [0.05, 0.1) is 6.61 Å². The third kappa shape index (κ3) is 4.22. The highest BCUT2D eigenvalue weighted by atomic mass is 16.5. The zero-order valence-electron chi connectivity index (χ0n) is 11.9. The Hall–Kier alpha value is -1.06. The number of benzene rings is 1. The third-order valence-corrected chi connectivity index (χ3v) is 3.90. The van der Waals surface area contributed by atoms with Crippen LogP contribution >= 0.6 is 0 Å². The van der Waals surface area contributed by atoms with Crippen LogP contribution in [0.25, 0.3) is 0 Å². The fraction of sp³-hybridized carbons (Fsp3) is 0.625. The lowest BCUT2D eigenvalue weighted by atomic mass is 9.99. The number of nitrogens with zero attached hydrogens (tertiary/aromatic N) is 1. The summed E-state index contributed by atoms with van der Waals surface area (Å²) >= 11 is 0. The van der Waals surface area contributed by atoms with Gasteiger partial charge in [0.15, 0.2) is 0 Å². The van der Waals surface area contributed by atoms with Crippen LogP contribution in [0.4, 0.5) is 5.69 Å². The SMILES string of the molecule is CCCCN(CC(N)C1CCOC1)c1ccccc1. The van der Waals surface area contributed by atoms with Crippen LogP contribution in [-0.4, -0.2) is 32.3 Å². The van der Waals surface area contributed by atoms with Gasteiger partial charge in [0.1, 0.15) is 0 Å². The molecule has 1 saturated heterocycles. The summed E-state index contributed by atoms with van der Waals surface area (Å²) in [7, 11) is 0. The third-order valence-electron chi connectivity index (χ3n) is 3.90. The van der Waals surface area contributed by atoms with Crippen LogP contribution in [0, 0.1) is 5.92 Å². The summed E-state index contributed by atoms with van der Waals surface area (Å²) in [6, 6.07) is 10.8. The molecule has 1 heterocycles. The van der Waals surface area contributed by atoms with Crippen LogP contribution < -0.4 is 10.6 Å². The first-order valence-electron chi connectivity index (χ1n) is 7.44. The van der Waals surface area contributed by atoms with Crippen molar-refractivity contribution in [3.8, 4) is 0 Å². The maximum atomic E-state index is 6.37. The van der Waals surface area contributed by atoms with Crippen LogP contribution in [0.5, 0.6) is 0 Å². The van der Waals surface area contributed by atoms with E-state index < -0.39 is 0 Å². The van der Waals surface area contributed by atoms with E-state index in [1.165, 1.54) is 18.5 Å². The summed E-state index contributed by atoms with van der Waals surface area (Å²) in [5, 5.41) is 0. The van der Waals surface area contributed by atoms with Crippen molar-refractivity contribution < 1.29 is 4.74 Å². The molecule has 0 radical (unpaired) electrons. The molecule has 0 saturated carbocycles. The van der Waals surface area contributed by atoms with Gasteiger partial charge in [0, 0.05) is 37.3 Å². The zero-order chi connectivity index (χ0) is 13.5. The van der Waals surface area contributed by atoms with Crippen LogP contribution in [0.3, 0.4) is 0 Å². The van der Waals surface area contributed by atoms with Crippen molar-refractivity contribution in [1.29, 1.82) is 0 Å². The molecule has 0 bridgehead atoms. The van der Waals surface area contributed by atoms with E-state index in [0.717, 1.165) is 32.7 Å². The summed E-state index contributed by atoms with van der Waals surface area (Å²) in [6.07, 6.45) is 3.53. The second-order valence-corrected chi connectivity index (χ2v) is 5.42. The molecule has 2 unspecified atom stereocenters. The van der Waals surface area contributed by atoms with Crippen molar-refractivity contribution in [2.45, 2.75) is 32.2 Å². The van der Waals surface area contributed by atoms with Gasteiger partial charge in [-0.25, -0.2) is 0 Å². The molecule has 3 heteroatoms. The molecular weight excluding hydrogens is 236 g/mol. The van der Waals surface area contributed by atoms with Crippen LogP contribution in [0.2, 0.25) is 0 Å². The van der Waals surface area contributed by atoms with Gasteiger partial charge in [0.2, 0.25) is 0 Å². The average molecular weight is 262 g/mol. The van der Waals surface area contributed by atoms with Gasteiger partial charge in [-0.05, 0) is 25.0 Å². The smallest absolute Gasteiger partial charge is 0.0510 e. The van der Waals surface area contributed by atoms with Crippen LogP contribution in [0.15, 0.2) is 30.3 Å². The molecular formula is C16H26N2O. The van der Waals surface area contributed by atoms with Crippen LogP contribution in [0.1, 0.15) is 26.2 Å². The Bertz CT molecular complexity index is 349. The average Bonchev–Trinajstić information content (AvgIpc) is 2.98. The molecule has 106 valence electrons. The number of anilines is 1. The summed E-state index contributed by atoms with van der Waals surface area (Å²) in [4.78, 5) is 2.42. The summed E-state index contributed by atoms with van der Waals surface area (Å²) < 4.78 is 5.45. The second kappa shape index (κ2) is 7.51. The molecule has 0 spiro atoms. The monoisotopic (exact) mass is 262 g/mol. The Morgan fingerprint density at radius 1 is 1.37 bits per heavy atom. The van der Waals surface area contributed by atoms with E-state index in [1.807, 2.05) is 0 Å². The second-order valence-electron chi connectivity index (χ2n) is 5.42. The molecule has 1 aliphatic rings. The molecule has 0 aliphatic carbocycles. The summed E-state index contributed by atoms with van der Waals surface area (Å²) in [5.74, 6) is 0.521. The normalized spacial score (nSPS) is 20.4. The van der Waals surface area contributed by atoms with Crippen molar-refractivity contribution in [2.24, 2.45) is 11.7 Å². The van der Waals surface area contributed by atoms with Gasteiger partial charge < -0.3 is 15.4 Å². The number of hydrogen-bond acceptors (Lipinski definition) is 3. The van der Waals surface area contributed by atoms with Crippen LogP contribution in [-0.2, 0) is 4.74 Å². The fourth-order valence-electron chi connectivity index (χ4n) is 2.61. The summed E-state index contributed by atoms with van der Waals surface area (Å²) in [5.41, 5.74) is 7.65. The maximum absolute atomic E-state index is 6.37. The first-order chi connectivity index (χ1) is 9.31. The molecule has 19 heavy (non-hydrogen) atoms. The first-order valence-corrected chi connectivity index (χ1v) is 7.44. The van der Waals surface area contributed by atoms with E-state index in [-0.39, 0.29) is 6.04 Å². The lowest BCUT2D eigenvalue weighted by molar-refractivity contribution is 0.181. The largest absolute Gasteiger partial charge is 0.381 e. The van der Waals surface area contributed by atoms with E-state index in [1.54, 1.807) is 0 Å². The van der Waals surface area contributed by atoms with E-state index in [0.29, 0.717) is 5.92 Å².